The zero-order valence-corrected chi connectivity index (χ0v) is 18.7. The first-order valence-corrected chi connectivity index (χ1v) is 10.4. The summed E-state index contributed by atoms with van der Waals surface area (Å²) in [6.07, 6.45) is 3.74. The van der Waals surface area contributed by atoms with E-state index in [1.807, 2.05) is 6.92 Å². The van der Waals surface area contributed by atoms with Crippen LogP contribution >= 0.6 is 12.4 Å². The quantitative estimate of drug-likeness (QED) is 0.589. The van der Waals surface area contributed by atoms with E-state index in [-0.39, 0.29) is 46.5 Å². The molecule has 11 heteroatoms. The molecule has 1 aliphatic carbocycles. The summed E-state index contributed by atoms with van der Waals surface area (Å²) in [5.41, 5.74) is 4.49. The molecule has 1 aliphatic heterocycles. The lowest BCUT2D eigenvalue weighted by Crippen LogP contribution is -2.44. The Morgan fingerprint density at radius 1 is 1.44 bits per heavy atom. The fourth-order valence-electron chi connectivity index (χ4n) is 4.05. The maximum absolute atomic E-state index is 15.0. The van der Waals surface area contributed by atoms with Crippen LogP contribution < -0.4 is 21.4 Å². The summed E-state index contributed by atoms with van der Waals surface area (Å²) in [6, 6.07) is 0.554. The van der Waals surface area contributed by atoms with Crippen LogP contribution in [-0.4, -0.2) is 52.2 Å². The number of halogens is 2. The molecule has 174 valence electrons. The van der Waals surface area contributed by atoms with Gasteiger partial charge in [0.15, 0.2) is 11.6 Å². The molecular weight excluding hydrogens is 441 g/mol. The number of amides is 1. The van der Waals surface area contributed by atoms with Crippen LogP contribution in [0.1, 0.15) is 49.5 Å². The van der Waals surface area contributed by atoms with E-state index in [9.17, 15) is 19.5 Å². The van der Waals surface area contributed by atoms with Crippen LogP contribution in [0.4, 0.5) is 10.2 Å². The maximum atomic E-state index is 15.0. The maximum Gasteiger partial charge on any atom is 0.341 e. The third kappa shape index (κ3) is 4.42. The van der Waals surface area contributed by atoms with E-state index in [0.29, 0.717) is 25.3 Å². The molecule has 0 spiro atoms. The molecule has 2 fully saturated rings. The van der Waals surface area contributed by atoms with Gasteiger partial charge in [-0.25, -0.2) is 14.2 Å². The molecule has 1 saturated heterocycles. The summed E-state index contributed by atoms with van der Waals surface area (Å²) < 4.78 is 16.7. The van der Waals surface area contributed by atoms with Gasteiger partial charge < -0.3 is 25.6 Å². The zero-order valence-electron chi connectivity index (χ0n) is 17.9. The van der Waals surface area contributed by atoms with E-state index >= 15 is 4.39 Å². The van der Waals surface area contributed by atoms with Gasteiger partial charge in [0.2, 0.25) is 11.3 Å². The lowest BCUT2D eigenvalue weighted by Gasteiger charge is -2.26. The molecule has 0 aromatic carbocycles. The van der Waals surface area contributed by atoms with Crippen LogP contribution in [0.2, 0.25) is 0 Å². The molecule has 32 heavy (non-hydrogen) atoms. The first-order valence-electron chi connectivity index (χ1n) is 10.4. The second kappa shape index (κ2) is 8.67. The number of pyridine rings is 2. The van der Waals surface area contributed by atoms with E-state index < -0.39 is 23.3 Å². The monoisotopic (exact) mass is 467 g/mol. The summed E-state index contributed by atoms with van der Waals surface area (Å²) in [7, 11) is 0. The van der Waals surface area contributed by atoms with Crippen LogP contribution in [0.15, 0.2) is 17.1 Å². The Labute approximate surface area is 190 Å². The lowest BCUT2D eigenvalue weighted by atomic mass is 9.90. The fraction of sp³-hybridized carbons (Fsp3) is 0.524. The van der Waals surface area contributed by atoms with Crippen molar-refractivity contribution in [3.63, 3.8) is 0 Å². The molecular formula is C21H27ClFN5O4. The zero-order chi connectivity index (χ0) is 22.5. The van der Waals surface area contributed by atoms with E-state index in [0.717, 1.165) is 25.3 Å². The highest BCUT2D eigenvalue weighted by atomic mass is 35.5. The number of hydrogen-bond donors (Lipinski definition) is 3. The number of carbonyl (C=O) groups excluding carboxylic acids is 1. The Kier molecular flexibility index (Phi) is 6.48. The number of aromatic carboxylic acids is 1. The Hall–Kier alpha value is -2.72. The van der Waals surface area contributed by atoms with Gasteiger partial charge in [0, 0.05) is 37.3 Å². The van der Waals surface area contributed by atoms with Gasteiger partial charge in [-0.05, 0) is 32.3 Å². The minimum absolute atomic E-state index is 0. The summed E-state index contributed by atoms with van der Waals surface area (Å²) in [6.45, 7) is 5.05. The molecule has 2 aromatic rings. The second-order valence-electron chi connectivity index (χ2n) is 8.97. The van der Waals surface area contributed by atoms with Crippen LogP contribution in [0.3, 0.4) is 0 Å². The van der Waals surface area contributed by atoms with Crippen LogP contribution in [0, 0.1) is 11.2 Å². The molecule has 3 heterocycles. The van der Waals surface area contributed by atoms with Gasteiger partial charge in [0.05, 0.1) is 11.4 Å². The summed E-state index contributed by atoms with van der Waals surface area (Å²) in [5, 5.41) is 12.2. The minimum Gasteiger partial charge on any atom is -0.477 e. The first-order chi connectivity index (χ1) is 14.6. The number of fused-ring (bicyclic) bond motifs is 1. The summed E-state index contributed by atoms with van der Waals surface area (Å²) >= 11 is 0. The number of aromatic nitrogens is 2. The Balaban J connectivity index is 0.00000289. The van der Waals surface area contributed by atoms with Crippen molar-refractivity contribution < 1.29 is 19.1 Å². The van der Waals surface area contributed by atoms with Crippen molar-refractivity contribution in [1.29, 1.82) is 0 Å². The molecule has 9 nitrogen and oxygen atoms in total. The summed E-state index contributed by atoms with van der Waals surface area (Å²) in [4.78, 5) is 42.2. The molecule has 1 saturated carbocycles. The van der Waals surface area contributed by atoms with E-state index in [4.69, 9.17) is 5.73 Å². The highest BCUT2D eigenvalue weighted by Crippen LogP contribution is 2.38. The van der Waals surface area contributed by atoms with Crippen LogP contribution in [0.25, 0.3) is 11.0 Å². The molecule has 0 radical (unpaired) electrons. The van der Waals surface area contributed by atoms with Crippen LogP contribution in [-0.2, 0) is 4.79 Å². The number of rotatable bonds is 6. The van der Waals surface area contributed by atoms with Gasteiger partial charge in [-0.2, -0.15) is 0 Å². The van der Waals surface area contributed by atoms with Crippen LogP contribution in [0.5, 0.6) is 0 Å². The van der Waals surface area contributed by atoms with E-state index in [2.05, 4.69) is 10.3 Å². The van der Waals surface area contributed by atoms with Gasteiger partial charge in [-0.15, -0.1) is 12.4 Å². The number of carboxylic acids is 1. The first kappa shape index (κ1) is 23.9. The molecule has 1 amide bonds. The predicted molar refractivity (Wildman–Crippen MR) is 120 cm³/mol. The number of anilines is 1. The lowest BCUT2D eigenvalue weighted by molar-refractivity contribution is -0.122. The minimum atomic E-state index is -1.34. The number of carboxylic acid groups (broad SMARTS) is 1. The number of hydrogen-bond acceptors (Lipinski definition) is 6. The predicted octanol–water partition coefficient (Wildman–Crippen LogP) is 1.67. The molecule has 4 N–H and O–H groups in total. The Morgan fingerprint density at radius 3 is 2.72 bits per heavy atom. The normalized spacial score (nSPS) is 21.3. The van der Waals surface area contributed by atoms with Gasteiger partial charge >= 0.3 is 5.97 Å². The van der Waals surface area contributed by atoms with Crippen molar-refractivity contribution in [2.75, 3.05) is 24.5 Å². The molecule has 4 rings (SSSR count). The van der Waals surface area contributed by atoms with Gasteiger partial charge in [-0.1, -0.05) is 6.92 Å². The third-order valence-electron chi connectivity index (χ3n) is 6.07. The molecule has 2 unspecified atom stereocenters. The standard InChI is InChI=1S/C21H26FN5O4.ClH/c1-11(23)19(29)24-9-21(2)5-6-26(10-21)18-15(22)7-13-16(28)14(20(30)31)8-27(12-3-4-12)17(13)25-18;/h7-8,11-12H,3-6,9-10,23H2,1-2H3,(H,24,29)(H,30,31);1H. The third-order valence-corrected chi connectivity index (χ3v) is 6.07. The van der Waals surface area contributed by atoms with Crippen molar-refractivity contribution in [3.8, 4) is 0 Å². The van der Waals surface area contributed by atoms with Crippen molar-refractivity contribution >= 4 is 41.1 Å². The van der Waals surface area contributed by atoms with Crippen molar-refractivity contribution in [3.05, 3.63) is 33.9 Å². The van der Waals surface area contributed by atoms with Gasteiger partial charge in [0.1, 0.15) is 11.2 Å². The molecule has 2 aromatic heterocycles. The average Bonchev–Trinajstić information content (AvgIpc) is 3.48. The SMILES string of the molecule is CC(N)C(=O)NCC1(C)CCN(c2nc3c(cc2F)c(=O)c(C(=O)O)cn3C2CC2)C1.Cl. The Morgan fingerprint density at radius 2 is 2.12 bits per heavy atom. The molecule has 0 bridgehead atoms. The largest absolute Gasteiger partial charge is 0.477 e. The number of nitrogens with zero attached hydrogens (tertiary/aromatic N) is 3. The highest BCUT2D eigenvalue weighted by molar-refractivity contribution is 5.92. The van der Waals surface area contributed by atoms with Crippen molar-refractivity contribution in [1.82, 2.24) is 14.9 Å². The van der Waals surface area contributed by atoms with Gasteiger partial charge in [0.25, 0.3) is 0 Å². The number of carbonyl (C=O) groups is 2. The van der Waals surface area contributed by atoms with E-state index in [1.54, 1.807) is 16.4 Å². The Bertz CT molecular complexity index is 1130. The van der Waals surface area contributed by atoms with Crippen molar-refractivity contribution in [2.45, 2.75) is 45.2 Å². The second-order valence-corrected chi connectivity index (χ2v) is 8.97. The molecule has 2 atom stereocenters. The average molecular weight is 468 g/mol. The smallest absolute Gasteiger partial charge is 0.341 e. The van der Waals surface area contributed by atoms with E-state index in [1.165, 1.54) is 6.20 Å². The molecule has 2 aliphatic rings. The summed E-state index contributed by atoms with van der Waals surface area (Å²) in [5.74, 6) is -2.11. The number of nitrogens with one attached hydrogen (secondary N) is 1. The number of nitrogens with two attached hydrogens (primary N) is 1. The van der Waals surface area contributed by atoms with Gasteiger partial charge in [-0.3, -0.25) is 9.59 Å². The van der Waals surface area contributed by atoms with Crippen molar-refractivity contribution in [2.24, 2.45) is 11.1 Å². The topological polar surface area (TPSA) is 131 Å². The fourth-order valence-corrected chi connectivity index (χ4v) is 4.05. The highest BCUT2D eigenvalue weighted by Gasteiger charge is 2.36.